The Morgan fingerprint density at radius 3 is 2.46 bits per heavy atom. The summed E-state index contributed by atoms with van der Waals surface area (Å²) >= 11 is 0. The lowest BCUT2D eigenvalue weighted by Gasteiger charge is -2.38. The molecule has 0 atom stereocenters. The van der Waals surface area contributed by atoms with E-state index in [4.69, 9.17) is 14.5 Å². The number of aliphatic hydroxyl groups excluding tert-OH is 1. The zero-order valence-electron chi connectivity index (χ0n) is 27.5. The number of nitriles is 1. The molecule has 0 unspecified atom stereocenters. The molecule has 48 heavy (non-hydrogen) atoms. The first-order valence-electron chi connectivity index (χ1n) is 17.4. The van der Waals surface area contributed by atoms with Crippen LogP contribution in [0.3, 0.4) is 0 Å². The van der Waals surface area contributed by atoms with Crippen molar-refractivity contribution in [3.8, 4) is 22.9 Å². The van der Waals surface area contributed by atoms with Gasteiger partial charge in [-0.1, -0.05) is 6.07 Å². The summed E-state index contributed by atoms with van der Waals surface area (Å²) in [5.41, 5.74) is 3.74. The Morgan fingerprint density at radius 2 is 1.77 bits per heavy atom. The number of benzene rings is 1. The quantitative estimate of drug-likeness (QED) is 0.305. The van der Waals surface area contributed by atoms with Crippen LogP contribution in [0.2, 0.25) is 0 Å². The third kappa shape index (κ3) is 7.04. The van der Waals surface area contributed by atoms with Gasteiger partial charge in [0.1, 0.15) is 23.7 Å². The molecule has 11 nitrogen and oxygen atoms in total. The molecule has 3 aliphatic carbocycles. The van der Waals surface area contributed by atoms with Crippen molar-refractivity contribution in [2.45, 2.75) is 88.4 Å². The summed E-state index contributed by atoms with van der Waals surface area (Å²) in [6, 6.07) is 12.7. The number of amides is 2. The van der Waals surface area contributed by atoms with Gasteiger partial charge in [0, 0.05) is 30.4 Å². The molecule has 1 N–H and O–H groups in total. The first-order chi connectivity index (χ1) is 23.4. The number of β-amino-alcohol motifs (C(OH)–C–C–N with tert-alkyl or cyclic N) is 1. The predicted molar refractivity (Wildman–Crippen MR) is 178 cm³/mol. The van der Waals surface area contributed by atoms with Crippen LogP contribution in [0.5, 0.6) is 5.75 Å². The van der Waals surface area contributed by atoms with Gasteiger partial charge in [-0.05, 0) is 111 Å². The summed E-state index contributed by atoms with van der Waals surface area (Å²) in [6.07, 6.45) is 13.5. The van der Waals surface area contributed by atoms with E-state index in [9.17, 15) is 20.0 Å². The maximum absolute atomic E-state index is 14.4. The van der Waals surface area contributed by atoms with E-state index in [0.717, 1.165) is 49.7 Å². The Morgan fingerprint density at radius 1 is 1.00 bits per heavy atom. The number of ether oxygens (including phenoxy) is 2. The van der Waals surface area contributed by atoms with Gasteiger partial charge in [-0.25, -0.2) is 9.78 Å². The van der Waals surface area contributed by atoms with Crippen LogP contribution in [0, 0.1) is 23.2 Å². The zero-order valence-corrected chi connectivity index (χ0v) is 27.5. The van der Waals surface area contributed by atoms with E-state index >= 15 is 0 Å². The number of hydrogen-bond donors (Lipinski definition) is 1. The van der Waals surface area contributed by atoms with Gasteiger partial charge in [-0.3, -0.25) is 14.4 Å². The number of aliphatic hydroxyl groups is 1. The SMILES string of the molecule is COc1ccc(C2CCC(CN(C(=O)C3CCC(OC(=O)N4CC(O)C4)CC3)c3cc(-c4cnn(C5CC5)c4)ccn3)CC2)cc1C#N. The first kappa shape index (κ1) is 32.1. The van der Waals surface area contributed by atoms with E-state index in [-0.39, 0.29) is 24.0 Å². The summed E-state index contributed by atoms with van der Waals surface area (Å²) in [5.74, 6) is 1.87. The number of hydrogen-bond acceptors (Lipinski definition) is 8. The highest BCUT2D eigenvalue weighted by molar-refractivity contribution is 5.94. The van der Waals surface area contributed by atoms with E-state index in [1.165, 1.54) is 10.5 Å². The molecular formula is C37H44N6O5. The lowest BCUT2D eigenvalue weighted by Crippen LogP contribution is -2.54. The highest BCUT2D eigenvalue weighted by Gasteiger charge is 2.36. The second-order valence-corrected chi connectivity index (χ2v) is 14.0. The van der Waals surface area contributed by atoms with Gasteiger partial charge < -0.3 is 19.5 Å². The number of carbonyl (C=O) groups is 2. The number of anilines is 1. The summed E-state index contributed by atoms with van der Waals surface area (Å²) in [5, 5.41) is 23.7. The van der Waals surface area contributed by atoms with Crippen LogP contribution in [0.1, 0.15) is 87.3 Å². The van der Waals surface area contributed by atoms with Crippen molar-refractivity contribution in [3.63, 3.8) is 0 Å². The monoisotopic (exact) mass is 652 g/mol. The number of rotatable bonds is 9. The molecule has 3 heterocycles. The van der Waals surface area contributed by atoms with Gasteiger partial charge in [-0.2, -0.15) is 10.4 Å². The lowest BCUT2D eigenvalue weighted by molar-refractivity contribution is -0.124. The maximum Gasteiger partial charge on any atom is 0.410 e. The number of carbonyl (C=O) groups excluding carboxylic acids is 2. The van der Waals surface area contributed by atoms with E-state index in [2.05, 4.69) is 23.4 Å². The molecule has 4 fully saturated rings. The Balaban J connectivity index is 1.04. The standard InChI is InChI=1S/C37H44N6O5/c1-47-34-13-8-27(16-29(34)18-38)25-4-2-24(3-5-25)20-42(35-17-28(14-15-39-35)30-19-40-43(21-30)31-9-10-31)36(45)26-6-11-33(12-7-26)48-37(46)41-22-32(44)23-41/h8,13-17,19,21,24-26,31-33,44H,2-7,9-12,20,22-23H2,1H3. The van der Waals surface area contributed by atoms with Gasteiger partial charge >= 0.3 is 6.09 Å². The largest absolute Gasteiger partial charge is 0.495 e. The number of methoxy groups -OCH3 is 1. The van der Waals surface area contributed by atoms with Crippen molar-refractivity contribution in [1.29, 1.82) is 5.26 Å². The molecule has 3 aromatic rings. The normalized spacial score (nSPS) is 24.3. The fourth-order valence-corrected chi connectivity index (χ4v) is 7.54. The molecule has 11 heteroatoms. The van der Waals surface area contributed by atoms with Crippen molar-refractivity contribution in [2.24, 2.45) is 11.8 Å². The summed E-state index contributed by atoms with van der Waals surface area (Å²) in [4.78, 5) is 34.9. The third-order valence-electron chi connectivity index (χ3n) is 10.7. The van der Waals surface area contributed by atoms with Crippen LogP contribution < -0.4 is 9.64 Å². The minimum atomic E-state index is -0.465. The third-order valence-corrected chi connectivity index (χ3v) is 10.7. The van der Waals surface area contributed by atoms with Crippen molar-refractivity contribution in [2.75, 3.05) is 31.6 Å². The average Bonchev–Trinajstić information content (AvgIpc) is 3.84. The summed E-state index contributed by atoms with van der Waals surface area (Å²) in [7, 11) is 1.58. The second-order valence-electron chi connectivity index (χ2n) is 14.0. The van der Waals surface area contributed by atoms with E-state index < -0.39 is 6.10 Å². The molecule has 0 bridgehead atoms. The fourth-order valence-electron chi connectivity index (χ4n) is 7.54. The topological polar surface area (TPSA) is 134 Å². The molecule has 1 aliphatic heterocycles. The fraction of sp³-hybridized carbons (Fsp3) is 0.541. The summed E-state index contributed by atoms with van der Waals surface area (Å²) in [6.45, 7) is 1.23. The molecule has 3 saturated carbocycles. The Labute approximate surface area is 281 Å². The highest BCUT2D eigenvalue weighted by atomic mass is 16.6. The molecule has 252 valence electrons. The zero-order chi connectivity index (χ0) is 33.2. The Hall–Kier alpha value is -4.43. The highest BCUT2D eigenvalue weighted by Crippen LogP contribution is 2.39. The van der Waals surface area contributed by atoms with E-state index in [0.29, 0.717) is 80.3 Å². The molecule has 2 aromatic heterocycles. The van der Waals surface area contributed by atoms with E-state index in [1.54, 1.807) is 13.3 Å². The Bertz CT molecular complexity index is 1660. The minimum Gasteiger partial charge on any atom is -0.495 e. The Kier molecular flexibility index (Phi) is 9.35. The van der Waals surface area contributed by atoms with Crippen LogP contribution in [0.15, 0.2) is 48.9 Å². The van der Waals surface area contributed by atoms with Crippen molar-refractivity contribution in [1.82, 2.24) is 19.7 Å². The number of aromatic nitrogens is 3. The van der Waals surface area contributed by atoms with Crippen LogP contribution in [-0.2, 0) is 9.53 Å². The molecule has 2 amide bonds. The second kappa shape index (κ2) is 14.0. The van der Waals surface area contributed by atoms with Gasteiger partial charge in [0.15, 0.2) is 0 Å². The van der Waals surface area contributed by atoms with Crippen LogP contribution in [-0.4, -0.2) is 75.7 Å². The average molecular weight is 653 g/mol. The molecule has 1 saturated heterocycles. The molecule has 0 radical (unpaired) electrons. The van der Waals surface area contributed by atoms with E-state index in [1.807, 2.05) is 40.0 Å². The summed E-state index contributed by atoms with van der Waals surface area (Å²) < 4.78 is 13.1. The predicted octanol–water partition coefficient (Wildman–Crippen LogP) is 5.84. The van der Waals surface area contributed by atoms with Crippen molar-refractivity contribution in [3.05, 3.63) is 60.0 Å². The number of pyridine rings is 1. The molecule has 1 aromatic carbocycles. The van der Waals surface area contributed by atoms with Crippen LogP contribution in [0.4, 0.5) is 10.6 Å². The van der Waals surface area contributed by atoms with Crippen molar-refractivity contribution < 1.29 is 24.2 Å². The van der Waals surface area contributed by atoms with Gasteiger partial charge in [0.05, 0.1) is 44.1 Å². The van der Waals surface area contributed by atoms with Gasteiger partial charge in [0.2, 0.25) is 5.91 Å². The molecular weight excluding hydrogens is 608 g/mol. The number of likely N-dealkylation sites (tertiary alicyclic amines) is 1. The number of nitrogens with zero attached hydrogens (tertiary/aromatic N) is 6. The van der Waals surface area contributed by atoms with Crippen LogP contribution >= 0.6 is 0 Å². The lowest BCUT2D eigenvalue weighted by atomic mass is 9.78. The maximum atomic E-state index is 14.4. The minimum absolute atomic E-state index is 0.0832. The van der Waals surface area contributed by atoms with Crippen molar-refractivity contribution >= 4 is 17.8 Å². The van der Waals surface area contributed by atoms with Gasteiger partial charge in [-0.15, -0.1) is 0 Å². The van der Waals surface area contributed by atoms with Crippen LogP contribution in [0.25, 0.3) is 11.1 Å². The van der Waals surface area contributed by atoms with Gasteiger partial charge in [0.25, 0.3) is 0 Å². The first-order valence-corrected chi connectivity index (χ1v) is 17.4. The molecule has 0 spiro atoms. The molecule has 4 aliphatic rings. The smallest absolute Gasteiger partial charge is 0.410 e. The molecule has 7 rings (SSSR count).